The summed E-state index contributed by atoms with van der Waals surface area (Å²) < 4.78 is 13.6. The fraction of sp³-hybridized carbons (Fsp3) is 0.174. The fourth-order valence-corrected chi connectivity index (χ4v) is 6.45. The largest absolute Gasteiger partial charge is 0.506 e. The minimum atomic E-state index is -0.841. The first-order valence-electron chi connectivity index (χ1n) is 9.78. The van der Waals surface area contributed by atoms with Gasteiger partial charge in [0.15, 0.2) is 4.80 Å². The van der Waals surface area contributed by atoms with E-state index in [0.717, 1.165) is 5.56 Å². The van der Waals surface area contributed by atoms with Crippen molar-refractivity contribution < 1.29 is 19.4 Å². The Balaban J connectivity index is 2.03. The molecule has 1 N–H and O–H groups in total. The van der Waals surface area contributed by atoms with Gasteiger partial charge < -0.3 is 14.6 Å². The number of thiazole rings is 1. The summed E-state index contributed by atoms with van der Waals surface area (Å²) in [6.07, 6.45) is 1.72. The van der Waals surface area contributed by atoms with E-state index in [1.807, 2.05) is 22.6 Å². The van der Waals surface area contributed by atoms with Crippen molar-refractivity contribution in [3.63, 3.8) is 0 Å². The van der Waals surface area contributed by atoms with Crippen molar-refractivity contribution in [3.8, 4) is 11.5 Å². The van der Waals surface area contributed by atoms with E-state index in [0.29, 0.717) is 39.4 Å². The van der Waals surface area contributed by atoms with Gasteiger partial charge in [-0.05, 0) is 87.4 Å². The average Bonchev–Trinajstić information content (AvgIpc) is 3.10. The molecule has 3 aromatic rings. The van der Waals surface area contributed by atoms with Crippen LogP contribution in [0.2, 0.25) is 5.02 Å². The van der Waals surface area contributed by atoms with Crippen LogP contribution in [0, 0.1) is 3.57 Å². The number of carbonyl (C=O) groups is 1. The molecule has 11 heteroatoms. The van der Waals surface area contributed by atoms with E-state index in [-0.39, 0.29) is 16.9 Å². The number of phenols is 1. The number of fused-ring (bicyclic) bond motifs is 1. The molecule has 1 aliphatic heterocycles. The van der Waals surface area contributed by atoms with E-state index >= 15 is 0 Å². The summed E-state index contributed by atoms with van der Waals surface area (Å²) >= 11 is 12.8. The number of hydrogen-bond acceptors (Lipinski definition) is 7. The molecular weight excluding hydrogens is 659 g/mol. The van der Waals surface area contributed by atoms with Crippen LogP contribution in [0.5, 0.6) is 11.5 Å². The van der Waals surface area contributed by atoms with Gasteiger partial charge in [-0.25, -0.2) is 9.79 Å². The molecule has 34 heavy (non-hydrogen) atoms. The van der Waals surface area contributed by atoms with Gasteiger partial charge in [-0.1, -0.05) is 22.9 Å². The number of nitrogens with zero attached hydrogens (tertiary/aromatic N) is 2. The highest BCUT2D eigenvalue weighted by molar-refractivity contribution is 14.1. The molecule has 0 aliphatic carbocycles. The SMILES string of the molecule is COC(=O)C1=C(C)N=c2s/c(=C\c3cc(Br)c(O)c(I)c3)c(=O)n2[C@H]1c1cc(Cl)ccc1OC. The summed E-state index contributed by atoms with van der Waals surface area (Å²) in [5, 5.41) is 10.5. The van der Waals surface area contributed by atoms with Gasteiger partial charge in [0.25, 0.3) is 5.56 Å². The summed E-state index contributed by atoms with van der Waals surface area (Å²) in [7, 11) is 2.79. The van der Waals surface area contributed by atoms with E-state index in [1.54, 1.807) is 43.3 Å². The number of allylic oxidation sites excluding steroid dienone is 1. The van der Waals surface area contributed by atoms with Crippen LogP contribution >= 0.6 is 61.5 Å². The van der Waals surface area contributed by atoms with Gasteiger partial charge >= 0.3 is 5.97 Å². The maximum Gasteiger partial charge on any atom is 0.338 e. The summed E-state index contributed by atoms with van der Waals surface area (Å²) in [6, 6.07) is 7.68. The number of hydrogen-bond donors (Lipinski definition) is 1. The second-order valence-electron chi connectivity index (χ2n) is 7.29. The molecule has 0 bridgehead atoms. The number of rotatable bonds is 4. The van der Waals surface area contributed by atoms with Crippen LogP contribution in [0.15, 0.2) is 55.9 Å². The number of aromatic hydroxyl groups is 1. The number of halogens is 3. The standard InChI is InChI=1S/C23H17BrClIN2O5S/c1-10-18(22(31)33-3)19(13-9-12(25)4-5-16(13)32-2)28-21(30)17(34-23(28)27-10)8-11-6-14(24)20(29)15(26)7-11/h4-9,19,29H,1-3H3/b17-8-/t19-/m0/s1. The van der Waals surface area contributed by atoms with Gasteiger partial charge in [0.1, 0.15) is 17.5 Å². The minimum Gasteiger partial charge on any atom is -0.506 e. The molecule has 1 atom stereocenters. The first kappa shape index (κ1) is 25.0. The summed E-state index contributed by atoms with van der Waals surface area (Å²) in [5.74, 6) is 0.00212. The molecular formula is C23H17BrClIN2O5S. The Bertz CT molecular complexity index is 1520. The first-order valence-corrected chi connectivity index (χ1v) is 12.8. The normalized spacial score (nSPS) is 15.7. The summed E-state index contributed by atoms with van der Waals surface area (Å²) in [6.45, 7) is 1.70. The number of carbonyl (C=O) groups excluding carboxylic acids is 1. The zero-order valence-corrected chi connectivity index (χ0v) is 23.4. The summed E-state index contributed by atoms with van der Waals surface area (Å²) in [4.78, 5) is 31.4. The third-order valence-corrected chi connectivity index (χ3v) is 7.90. The maximum absolute atomic E-state index is 13.7. The van der Waals surface area contributed by atoms with Crippen LogP contribution in [-0.4, -0.2) is 29.9 Å². The molecule has 0 fully saturated rings. The van der Waals surface area contributed by atoms with Gasteiger partial charge in [0.2, 0.25) is 0 Å². The molecule has 0 unspecified atom stereocenters. The predicted octanol–water partition coefficient (Wildman–Crippen LogP) is 4.14. The Morgan fingerprint density at radius 3 is 2.71 bits per heavy atom. The summed E-state index contributed by atoms with van der Waals surface area (Å²) in [5.41, 5.74) is 1.60. The second-order valence-corrected chi connectivity index (χ2v) is 10.8. The third kappa shape index (κ3) is 4.43. The molecule has 176 valence electrons. The number of aromatic nitrogens is 1. The van der Waals surface area contributed by atoms with Crippen LogP contribution in [-0.2, 0) is 9.53 Å². The van der Waals surface area contributed by atoms with Crippen molar-refractivity contribution in [2.24, 2.45) is 4.99 Å². The van der Waals surface area contributed by atoms with Crippen molar-refractivity contribution in [2.75, 3.05) is 14.2 Å². The van der Waals surface area contributed by atoms with E-state index < -0.39 is 12.0 Å². The lowest BCUT2D eigenvalue weighted by Gasteiger charge is -2.25. The van der Waals surface area contributed by atoms with Crippen LogP contribution < -0.4 is 19.6 Å². The van der Waals surface area contributed by atoms with Gasteiger partial charge in [0.05, 0.1) is 38.1 Å². The molecule has 1 aromatic heterocycles. The number of phenolic OH excluding ortho intramolecular Hbond substituents is 1. The molecule has 4 rings (SSSR count). The molecule has 0 saturated carbocycles. The molecule has 0 amide bonds. The van der Waals surface area contributed by atoms with Crippen molar-refractivity contribution in [2.45, 2.75) is 13.0 Å². The second kappa shape index (κ2) is 9.84. The molecule has 7 nitrogen and oxygen atoms in total. The first-order chi connectivity index (χ1) is 16.2. The Morgan fingerprint density at radius 2 is 2.06 bits per heavy atom. The van der Waals surface area contributed by atoms with Crippen molar-refractivity contribution in [1.29, 1.82) is 0 Å². The predicted molar refractivity (Wildman–Crippen MR) is 142 cm³/mol. The quantitative estimate of drug-likeness (QED) is 0.332. The topological polar surface area (TPSA) is 90.1 Å². The van der Waals surface area contributed by atoms with E-state index in [4.69, 9.17) is 21.1 Å². The van der Waals surface area contributed by atoms with Gasteiger partial charge in [-0.2, -0.15) is 0 Å². The maximum atomic E-state index is 13.7. The Kier molecular flexibility index (Phi) is 7.22. The third-order valence-electron chi connectivity index (χ3n) is 5.25. The van der Waals surface area contributed by atoms with Crippen LogP contribution in [0.25, 0.3) is 6.08 Å². The number of benzene rings is 2. The molecule has 0 spiro atoms. The van der Waals surface area contributed by atoms with E-state index in [9.17, 15) is 14.7 Å². The fourth-order valence-electron chi connectivity index (χ4n) is 3.73. The number of esters is 1. The lowest BCUT2D eigenvalue weighted by atomic mass is 9.95. The van der Waals surface area contributed by atoms with Crippen molar-refractivity contribution in [1.82, 2.24) is 4.57 Å². The van der Waals surface area contributed by atoms with Crippen molar-refractivity contribution >= 4 is 73.5 Å². The monoisotopic (exact) mass is 674 g/mol. The molecule has 1 aliphatic rings. The molecule has 0 saturated heterocycles. The van der Waals surface area contributed by atoms with Crippen LogP contribution in [0.3, 0.4) is 0 Å². The van der Waals surface area contributed by atoms with Crippen LogP contribution in [0.1, 0.15) is 24.1 Å². The lowest BCUT2D eigenvalue weighted by molar-refractivity contribution is -0.136. The van der Waals surface area contributed by atoms with Gasteiger partial charge in [0, 0.05) is 10.6 Å². The highest BCUT2D eigenvalue weighted by atomic mass is 127. The molecule has 2 aromatic carbocycles. The van der Waals surface area contributed by atoms with Gasteiger partial charge in [-0.15, -0.1) is 0 Å². The average molecular weight is 676 g/mol. The van der Waals surface area contributed by atoms with E-state index in [2.05, 4.69) is 20.9 Å². The zero-order chi connectivity index (χ0) is 24.7. The number of ether oxygens (including phenoxy) is 2. The Morgan fingerprint density at radius 1 is 1.32 bits per heavy atom. The smallest absolute Gasteiger partial charge is 0.338 e. The van der Waals surface area contributed by atoms with Crippen LogP contribution in [0.4, 0.5) is 0 Å². The zero-order valence-electron chi connectivity index (χ0n) is 18.1. The van der Waals surface area contributed by atoms with Gasteiger partial charge in [-0.3, -0.25) is 9.36 Å². The number of methoxy groups -OCH3 is 2. The Hall–Kier alpha value is -2.15. The van der Waals surface area contributed by atoms with Crippen molar-refractivity contribution in [3.05, 3.63) is 85.5 Å². The minimum absolute atomic E-state index is 0.130. The molecule has 0 radical (unpaired) electrons. The molecule has 2 heterocycles. The Labute approximate surface area is 225 Å². The van der Waals surface area contributed by atoms with E-state index in [1.165, 1.54) is 30.1 Å². The lowest BCUT2D eigenvalue weighted by Crippen LogP contribution is -2.40. The highest BCUT2D eigenvalue weighted by Crippen LogP contribution is 2.37. The highest BCUT2D eigenvalue weighted by Gasteiger charge is 2.35.